The molecule has 4 nitrogen and oxygen atoms in total. The third-order valence-electron chi connectivity index (χ3n) is 3.77. The van der Waals surface area contributed by atoms with Gasteiger partial charge in [-0.1, -0.05) is 29.8 Å². The summed E-state index contributed by atoms with van der Waals surface area (Å²) in [5.41, 5.74) is 1.90. The number of para-hydroxylation sites is 1. The summed E-state index contributed by atoms with van der Waals surface area (Å²) in [5.74, 6) is -0.805. The van der Waals surface area contributed by atoms with Crippen molar-refractivity contribution in [1.29, 1.82) is 0 Å². The van der Waals surface area contributed by atoms with Gasteiger partial charge in [0.05, 0.1) is 22.8 Å². The van der Waals surface area contributed by atoms with E-state index in [1.54, 1.807) is 6.07 Å². The van der Waals surface area contributed by atoms with Crippen molar-refractivity contribution in [3.05, 3.63) is 92.6 Å². The lowest BCUT2D eigenvalue weighted by Crippen LogP contribution is -2.23. The Balaban J connectivity index is 1.94. The van der Waals surface area contributed by atoms with Crippen LogP contribution in [0.25, 0.3) is 5.69 Å². The van der Waals surface area contributed by atoms with Crippen LogP contribution >= 0.6 is 11.6 Å². The van der Waals surface area contributed by atoms with Gasteiger partial charge in [-0.15, -0.1) is 0 Å². The molecule has 0 spiro atoms. The smallest absolute Gasteiger partial charge is 0.271 e. The standard InChI is InChI=1S/C19H14ClFN2O2/c1-12-4-2-3-5-17(12)23-19(25)9-7-14(22-23)11-18(24)15-8-6-13(21)10-16(15)20/h2-10H,11H2,1H3. The van der Waals surface area contributed by atoms with Gasteiger partial charge in [-0.25, -0.2) is 4.39 Å². The first-order chi connectivity index (χ1) is 12.0. The molecule has 0 aliphatic carbocycles. The number of rotatable bonds is 4. The maximum absolute atomic E-state index is 13.1. The zero-order chi connectivity index (χ0) is 18.0. The van der Waals surface area contributed by atoms with Gasteiger partial charge >= 0.3 is 0 Å². The second-order valence-corrected chi connectivity index (χ2v) is 5.99. The molecule has 0 bridgehead atoms. The molecule has 3 rings (SSSR count). The number of benzene rings is 2. The Morgan fingerprint density at radius 3 is 2.64 bits per heavy atom. The van der Waals surface area contributed by atoms with Crippen molar-refractivity contribution < 1.29 is 9.18 Å². The predicted molar refractivity (Wildman–Crippen MR) is 94.0 cm³/mol. The molecule has 1 aromatic heterocycles. The molecule has 0 fully saturated rings. The van der Waals surface area contributed by atoms with E-state index in [-0.39, 0.29) is 28.3 Å². The van der Waals surface area contributed by atoms with Gasteiger partial charge in [0.2, 0.25) is 0 Å². The molecular formula is C19H14ClFN2O2. The molecular weight excluding hydrogens is 343 g/mol. The van der Waals surface area contributed by atoms with E-state index in [1.807, 2.05) is 25.1 Å². The second kappa shape index (κ2) is 6.99. The molecule has 6 heteroatoms. The summed E-state index contributed by atoms with van der Waals surface area (Å²) < 4.78 is 14.4. The van der Waals surface area contributed by atoms with E-state index in [0.29, 0.717) is 11.4 Å². The average molecular weight is 357 g/mol. The van der Waals surface area contributed by atoms with Crippen molar-refractivity contribution in [2.24, 2.45) is 0 Å². The van der Waals surface area contributed by atoms with Gasteiger partial charge in [0, 0.05) is 11.6 Å². The normalized spacial score (nSPS) is 10.7. The lowest BCUT2D eigenvalue weighted by Gasteiger charge is -2.09. The fraction of sp³-hybridized carbons (Fsp3) is 0.105. The fourth-order valence-corrected chi connectivity index (χ4v) is 2.77. The highest BCUT2D eigenvalue weighted by atomic mass is 35.5. The van der Waals surface area contributed by atoms with E-state index in [9.17, 15) is 14.0 Å². The summed E-state index contributed by atoms with van der Waals surface area (Å²) in [7, 11) is 0. The number of ketones is 1. The van der Waals surface area contributed by atoms with Crippen LogP contribution in [0.2, 0.25) is 5.02 Å². The number of aryl methyl sites for hydroxylation is 1. The van der Waals surface area contributed by atoms with Crippen LogP contribution in [0.3, 0.4) is 0 Å². The minimum absolute atomic E-state index is 0.0441. The Kier molecular flexibility index (Phi) is 4.76. The van der Waals surface area contributed by atoms with Gasteiger partial charge in [-0.3, -0.25) is 9.59 Å². The Bertz CT molecular complexity index is 1010. The van der Waals surface area contributed by atoms with Gasteiger partial charge < -0.3 is 0 Å². The number of aromatic nitrogens is 2. The predicted octanol–water partition coefficient (Wildman–Crippen LogP) is 3.76. The lowest BCUT2D eigenvalue weighted by molar-refractivity contribution is 0.0991. The Morgan fingerprint density at radius 1 is 1.16 bits per heavy atom. The van der Waals surface area contributed by atoms with E-state index in [2.05, 4.69) is 5.10 Å². The van der Waals surface area contributed by atoms with Crippen molar-refractivity contribution in [2.45, 2.75) is 13.3 Å². The van der Waals surface area contributed by atoms with Crippen LogP contribution in [0.15, 0.2) is 59.4 Å². The van der Waals surface area contributed by atoms with Crippen LogP contribution in [0.1, 0.15) is 21.6 Å². The van der Waals surface area contributed by atoms with E-state index < -0.39 is 5.82 Å². The Labute approximate surface area is 148 Å². The van der Waals surface area contributed by atoms with Crippen LogP contribution in [0, 0.1) is 12.7 Å². The molecule has 25 heavy (non-hydrogen) atoms. The van der Waals surface area contributed by atoms with E-state index in [0.717, 1.165) is 11.6 Å². The van der Waals surface area contributed by atoms with Crippen LogP contribution in [-0.4, -0.2) is 15.6 Å². The van der Waals surface area contributed by atoms with Crippen LogP contribution in [0.5, 0.6) is 0 Å². The first-order valence-corrected chi connectivity index (χ1v) is 7.97. The largest absolute Gasteiger partial charge is 0.294 e. The van der Waals surface area contributed by atoms with Crippen molar-refractivity contribution in [3.63, 3.8) is 0 Å². The molecule has 126 valence electrons. The maximum atomic E-state index is 13.1. The van der Waals surface area contributed by atoms with Crippen molar-refractivity contribution in [2.75, 3.05) is 0 Å². The molecule has 0 N–H and O–H groups in total. The minimum Gasteiger partial charge on any atom is -0.294 e. The molecule has 0 aliphatic heterocycles. The molecule has 1 heterocycles. The number of Topliss-reactive ketones (excluding diaryl/α,β-unsaturated/α-hetero) is 1. The first kappa shape index (κ1) is 17.0. The first-order valence-electron chi connectivity index (χ1n) is 7.59. The van der Waals surface area contributed by atoms with Gasteiger partial charge in [0.25, 0.3) is 5.56 Å². The summed E-state index contributed by atoms with van der Waals surface area (Å²) in [5, 5.41) is 4.34. The summed E-state index contributed by atoms with van der Waals surface area (Å²) in [4.78, 5) is 24.5. The highest BCUT2D eigenvalue weighted by Crippen LogP contribution is 2.19. The van der Waals surface area contributed by atoms with E-state index in [1.165, 1.54) is 28.9 Å². The number of hydrogen-bond acceptors (Lipinski definition) is 3. The Hall–Kier alpha value is -2.79. The molecule has 0 aliphatic rings. The third-order valence-corrected chi connectivity index (χ3v) is 4.09. The minimum atomic E-state index is -0.507. The summed E-state index contributed by atoms with van der Waals surface area (Å²) in [6, 6.07) is 13.8. The third kappa shape index (κ3) is 3.67. The van der Waals surface area contributed by atoms with E-state index >= 15 is 0 Å². The molecule has 0 atom stereocenters. The zero-order valence-electron chi connectivity index (χ0n) is 13.4. The number of halogens is 2. The van der Waals surface area contributed by atoms with Crippen molar-refractivity contribution in [3.8, 4) is 5.69 Å². The lowest BCUT2D eigenvalue weighted by atomic mass is 10.1. The fourth-order valence-electron chi connectivity index (χ4n) is 2.49. The number of hydrogen-bond donors (Lipinski definition) is 0. The van der Waals surface area contributed by atoms with Gasteiger partial charge in [-0.05, 0) is 42.8 Å². The summed E-state index contributed by atoms with van der Waals surface area (Å²) in [6.07, 6.45) is -0.0441. The molecule has 0 radical (unpaired) electrons. The maximum Gasteiger partial charge on any atom is 0.271 e. The van der Waals surface area contributed by atoms with Crippen LogP contribution in [0.4, 0.5) is 4.39 Å². The number of nitrogens with zero attached hydrogens (tertiary/aromatic N) is 2. The summed E-state index contributed by atoms with van der Waals surface area (Å²) in [6.45, 7) is 1.87. The van der Waals surface area contributed by atoms with Gasteiger partial charge in [0.1, 0.15) is 5.82 Å². The van der Waals surface area contributed by atoms with Crippen LogP contribution in [-0.2, 0) is 6.42 Å². The van der Waals surface area contributed by atoms with Crippen molar-refractivity contribution >= 4 is 17.4 Å². The highest BCUT2D eigenvalue weighted by Gasteiger charge is 2.14. The quantitative estimate of drug-likeness (QED) is 0.669. The Morgan fingerprint density at radius 2 is 1.92 bits per heavy atom. The van der Waals surface area contributed by atoms with Crippen LogP contribution < -0.4 is 5.56 Å². The molecule has 2 aromatic carbocycles. The average Bonchev–Trinajstić information content (AvgIpc) is 2.57. The molecule has 3 aromatic rings. The number of carbonyl (C=O) groups excluding carboxylic acids is 1. The van der Waals surface area contributed by atoms with Gasteiger partial charge in [0.15, 0.2) is 5.78 Å². The van der Waals surface area contributed by atoms with Gasteiger partial charge in [-0.2, -0.15) is 9.78 Å². The summed E-state index contributed by atoms with van der Waals surface area (Å²) >= 11 is 5.93. The molecule has 0 unspecified atom stereocenters. The number of carbonyl (C=O) groups is 1. The monoisotopic (exact) mass is 356 g/mol. The van der Waals surface area contributed by atoms with Crippen molar-refractivity contribution in [1.82, 2.24) is 9.78 Å². The van der Waals surface area contributed by atoms with E-state index in [4.69, 9.17) is 11.6 Å². The molecule has 0 amide bonds. The highest BCUT2D eigenvalue weighted by molar-refractivity contribution is 6.34. The topological polar surface area (TPSA) is 52.0 Å². The molecule has 0 saturated carbocycles. The zero-order valence-corrected chi connectivity index (χ0v) is 14.1. The second-order valence-electron chi connectivity index (χ2n) is 5.59. The SMILES string of the molecule is Cc1ccccc1-n1nc(CC(=O)c2ccc(F)cc2Cl)ccc1=O. The molecule has 0 saturated heterocycles.